The first-order valence-corrected chi connectivity index (χ1v) is 14.5. The van der Waals surface area contributed by atoms with Crippen LogP contribution in [0.3, 0.4) is 0 Å². The van der Waals surface area contributed by atoms with Crippen molar-refractivity contribution in [1.82, 2.24) is 0 Å². The van der Waals surface area contributed by atoms with Gasteiger partial charge < -0.3 is 25.4 Å². The monoisotopic (exact) mass is 589 g/mol. The molecule has 11 heteroatoms. The van der Waals surface area contributed by atoms with Gasteiger partial charge in [-0.2, -0.15) is 13.2 Å². The Hall–Kier alpha value is -1.82. The van der Waals surface area contributed by atoms with Crippen LogP contribution in [-0.4, -0.2) is 58.2 Å². The van der Waals surface area contributed by atoms with E-state index in [2.05, 4.69) is 6.58 Å². The van der Waals surface area contributed by atoms with Crippen LogP contribution in [-0.2, 0) is 19.1 Å². The van der Waals surface area contributed by atoms with E-state index >= 15 is 0 Å². The molecule has 0 aromatic rings. The number of allylic oxidation sites excluding steroid dienone is 2. The minimum Gasteiger partial charge on any atom is -0.458 e. The summed E-state index contributed by atoms with van der Waals surface area (Å²) in [5.74, 6) is -3.16. The lowest BCUT2D eigenvalue weighted by Gasteiger charge is -2.34. The zero-order chi connectivity index (χ0) is 30.4. The fraction of sp³-hybridized carbons (Fsp3) is 0.724. The van der Waals surface area contributed by atoms with E-state index in [-0.39, 0.29) is 24.7 Å². The second kappa shape index (κ2) is 11.8. The maximum atomic E-state index is 14.4. The van der Waals surface area contributed by atoms with Crippen molar-refractivity contribution in [2.45, 2.75) is 103 Å². The molecule has 0 aromatic heterocycles. The van der Waals surface area contributed by atoms with Crippen LogP contribution in [0.1, 0.15) is 67.2 Å². The minimum absolute atomic E-state index is 0.193. The van der Waals surface area contributed by atoms with E-state index in [1.54, 1.807) is 33.1 Å². The molecule has 1 saturated carbocycles. The van der Waals surface area contributed by atoms with Gasteiger partial charge in [0, 0.05) is 18.0 Å². The summed E-state index contributed by atoms with van der Waals surface area (Å²) in [6.45, 7) is 13.5. The zero-order valence-corrected chi connectivity index (χ0v) is 24.8. The third kappa shape index (κ3) is 6.97. The number of rotatable bonds is 4. The Kier molecular flexibility index (Phi) is 9.66. The van der Waals surface area contributed by atoms with Crippen molar-refractivity contribution in [2.75, 3.05) is 0 Å². The van der Waals surface area contributed by atoms with Gasteiger partial charge >= 0.3 is 12.1 Å². The van der Waals surface area contributed by atoms with Gasteiger partial charge in [-0.25, -0.2) is 0 Å². The Balaban J connectivity index is 1.96. The third-order valence-electron chi connectivity index (χ3n) is 8.81. The SMILES string of the molecule is C=C(C)S/C=C(N)/C=C(\C)[C@@H]1CC2OC2(C(F)(F)F)CC2CC2[C@H](C)[C@H](O)[C@@H](C)C(=O)C(C)(C)[C@@H](O)CC(=O)O1. The van der Waals surface area contributed by atoms with Crippen LogP contribution in [0.5, 0.6) is 0 Å². The standard InChI is InChI=1S/C29H42F3NO6S/c1-14(2)40-13-19(33)8-15(3)21-10-23-28(39-23,29(30,31)32)12-18-9-20(18)16(4)25(36)17(5)26(37)27(6,7)22(34)11-24(35)38-21/h8,13,16-18,20-23,25,34,36H,1,9-12,33H2,2-7H3/b15-8+,19-13-/t16-,17+,18?,20?,21-,22-,23?,25-,28?/m0/s1. The molecule has 2 saturated heterocycles. The van der Waals surface area contributed by atoms with Gasteiger partial charge in [0.2, 0.25) is 0 Å². The van der Waals surface area contributed by atoms with E-state index in [1.807, 2.05) is 0 Å². The number of aliphatic hydroxyl groups excluding tert-OH is 2. The van der Waals surface area contributed by atoms with Crippen molar-refractivity contribution in [3.63, 3.8) is 0 Å². The molecule has 0 amide bonds. The summed E-state index contributed by atoms with van der Waals surface area (Å²) in [5, 5.41) is 23.5. The Labute approximate surface area is 238 Å². The van der Waals surface area contributed by atoms with Crippen molar-refractivity contribution >= 4 is 23.5 Å². The molecule has 0 aromatic carbocycles. The normalized spacial score (nSPS) is 39.6. The van der Waals surface area contributed by atoms with Crippen LogP contribution >= 0.6 is 11.8 Å². The summed E-state index contributed by atoms with van der Waals surface area (Å²) in [4.78, 5) is 27.1. The summed E-state index contributed by atoms with van der Waals surface area (Å²) in [6.07, 6.45) is -8.60. The van der Waals surface area contributed by atoms with E-state index < -0.39 is 71.6 Å². The first kappa shape index (κ1) is 32.7. The van der Waals surface area contributed by atoms with E-state index in [0.717, 1.165) is 4.91 Å². The topological polar surface area (TPSA) is 122 Å². The van der Waals surface area contributed by atoms with E-state index in [1.165, 1.54) is 31.7 Å². The molecule has 3 rings (SSSR count). The molecule has 9 atom stereocenters. The fourth-order valence-corrected chi connectivity index (χ4v) is 6.26. The number of ketones is 1. The Morgan fingerprint density at radius 1 is 1.18 bits per heavy atom. The summed E-state index contributed by atoms with van der Waals surface area (Å²) >= 11 is 1.28. The van der Waals surface area contributed by atoms with E-state index in [9.17, 15) is 33.0 Å². The second-order valence-electron chi connectivity index (χ2n) is 12.3. The highest BCUT2D eigenvalue weighted by molar-refractivity contribution is 8.05. The number of halogens is 3. The number of Topliss-reactive ketones (excluding diaryl/α,β-unsaturated/α-hetero) is 1. The molecule has 2 aliphatic heterocycles. The zero-order valence-electron chi connectivity index (χ0n) is 24.0. The van der Waals surface area contributed by atoms with Gasteiger partial charge in [0.15, 0.2) is 5.60 Å². The van der Waals surface area contributed by atoms with Gasteiger partial charge in [-0.05, 0) is 66.4 Å². The maximum Gasteiger partial charge on any atom is 0.420 e. The molecule has 0 radical (unpaired) electrons. The van der Waals surface area contributed by atoms with Crippen LogP contribution in [0.2, 0.25) is 0 Å². The van der Waals surface area contributed by atoms with Crippen LogP contribution < -0.4 is 5.73 Å². The van der Waals surface area contributed by atoms with Gasteiger partial charge in [-0.1, -0.05) is 34.3 Å². The number of esters is 1. The molecular weight excluding hydrogens is 547 g/mol. The molecule has 3 fully saturated rings. The van der Waals surface area contributed by atoms with Gasteiger partial charge in [-0.15, -0.1) is 11.8 Å². The highest BCUT2D eigenvalue weighted by atomic mass is 32.2. The molecule has 4 N–H and O–H groups in total. The van der Waals surface area contributed by atoms with Gasteiger partial charge in [-0.3, -0.25) is 9.59 Å². The smallest absolute Gasteiger partial charge is 0.420 e. The first-order valence-electron chi connectivity index (χ1n) is 13.6. The number of epoxide rings is 1. The van der Waals surface area contributed by atoms with Gasteiger partial charge in [0.1, 0.15) is 18.0 Å². The van der Waals surface area contributed by atoms with E-state index in [0.29, 0.717) is 17.7 Å². The fourth-order valence-electron chi connectivity index (χ4n) is 5.86. The average Bonchev–Trinajstić information content (AvgIpc) is 3.76. The molecule has 3 aliphatic rings. The third-order valence-corrected chi connectivity index (χ3v) is 9.60. The van der Waals surface area contributed by atoms with E-state index in [4.69, 9.17) is 15.2 Å². The summed E-state index contributed by atoms with van der Waals surface area (Å²) in [5.41, 5.74) is 3.02. The quantitative estimate of drug-likeness (QED) is 0.237. The summed E-state index contributed by atoms with van der Waals surface area (Å²) in [7, 11) is 0. The molecular formula is C29H42F3NO6S. The summed E-state index contributed by atoms with van der Waals surface area (Å²) < 4.78 is 54.0. The lowest BCUT2D eigenvalue weighted by atomic mass is 9.72. The molecule has 40 heavy (non-hydrogen) atoms. The number of thioether (sulfide) groups is 1. The molecule has 1 aliphatic carbocycles. The molecule has 0 spiro atoms. The number of fused-ring (bicyclic) bond motifs is 2. The molecule has 4 unspecified atom stereocenters. The summed E-state index contributed by atoms with van der Waals surface area (Å²) in [6, 6.07) is 0. The first-order chi connectivity index (χ1) is 18.3. The number of aliphatic hydroxyl groups is 2. The Morgan fingerprint density at radius 2 is 1.80 bits per heavy atom. The lowest BCUT2D eigenvalue weighted by molar-refractivity contribution is -0.187. The number of cyclic esters (lactones) is 1. The number of alkyl halides is 3. The van der Waals surface area contributed by atoms with Crippen LogP contribution in [0, 0.1) is 29.1 Å². The number of carbonyl (C=O) groups excluding carboxylic acids is 2. The van der Waals surface area contributed by atoms with Crippen LogP contribution in [0.15, 0.2) is 34.2 Å². The molecule has 2 heterocycles. The van der Waals surface area contributed by atoms with Crippen molar-refractivity contribution in [1.29, 1.82) is 0 Å². The molecule has 0 bridgehead atoms. The number of nitrogens with two attached hydrogens (primary N) is 1. The second-order valence-corrected chi connectivity index (χ2v) is 13.5. The Morgan fingerprint density at radius 3 is 2.38 bits per heavy atom. The largest absolute Gasteiger partial charge is 0.458 e. The highest BCUT2D eigenvalue weighted by Gasteiger charge is 2.74. The molecule has 7 nitrogen and oxygen atoms in total. The maximum absolute atomic E-state index is 14.4. The van der Waals surface area contributed by atoms with Crippen molar-refractivity contribution in [3.05, 3.63) is 34.2 Å². The predicted octanol–water partition coefficient (Wildman–Crippen LogP) is 5.02. The van der Waals surface area contributed by atoms with Gasteiger partial charge in [0.25, 0.3) is 0 Å². The lowest BCUT2D eigenvalue weighted by Crippen LogP contribution is -2.46. The van der Waals surface area contributed by atoms with Crippen LogP contribution in [0.25, 0.3) is 0 Å². The molecule has 226 valence electrons. The number of carbonyl (C=O) groups is 2. The number of hydrogen-bond donors (Lipinski definition) is 3. The average molecular weight is 590 g/mol. The Bertz CT molecular complexity index is 1070. The predicted molar refractivity (Wildman–Crippen MR) is 147 cm³/mol. The minimum atomic E-state index is -4.65. The van der Waals surface area contributed by atoms with Crippen LogP contribution in [0.4, 0.5) is 13.2 Å². The van der Waals surface area contributed by atoms with Crippen molar-refractivity contribution in [2.24, 2.45) is 34.8 Å². The van der Waals surface area contributed by atoms with Crippen molar-refractivity contribution in [3.8, 4) is 0 Å². The van der Waals surface area contributed by atoms with Crippen molar-refractivity contribution < 1.29 is 42.4 Å². The number of ether oxygens (including phenoxy) is 2. The highest BCUT2D eigenvalue weighted by Crippen LogP contribution is 2.61. The number of hydrogen-bond acceptors (Lipinski definition) is 8. The van der Waals surface area contributed by atoms with Gasteiger partial charge in [0.05, 0.1) is 24.0 Å².